The van der Waals surface area contributed by atoms with E-state index in [4.69, 9.17) is 9.47 Å². The van der Waals surface area contributed by atoms with Crippen LogP contribution in [0.4, 0.5) is 10.5 Å². The van der Waals surface area contributed by atoms with Crippen molar-refractivity contribution in [3.05, 3.63) is 11.9 Å². The van der Waals surface area contributed by atoms with Crippen molar-refractivity contribution in [2.45, 2.75) is 47.1 Å². The predicted octanol–water partition coefficient (Wildman–Crippen LogP) is 3.51. The van der Waals surface area contributed by atoms with E-state index < -0.39 is 6.16 Å². The number of hydrogen-bond acceptors (Lipinski definition) is 6. The molecule has 2 rings (SSSR count). The maximum absolute atomic E-state index is 11.7. The smallest absolute Gasteiger partial charge is 0.434 e. The van der Waals surface area contributed by atoms with Gasteiger partial charge in [0.25, 0.3) is 0 Å². The zero-order valence-electron chi connectivity index (χ0n) is 14.2. The Labute approximate surface area is 136 Å². The van der Waals surface area contributed by atoms with Gasteiger partial charge in [0.05, 0.1) is 29.6 Å². The minimum Gasteiger partial charge on any atom is -0.434 e. The van der Waals surface area contributed by atoms with Gasteiger partial charge in [-0.2, -0.15) is 5.10 Å². The molecule has 0 aliphatic rings. The van der Waals surface area contributed by atoms with Crippen molar-refractivity contribution in [3.63, 3.8) is 0 Å². The van der Waals surface area contributed by atoms with Crippen LogP contribution in [-0.2, 0) is 11.3 Å². The first-order valence-electron chi connectivity index (χ1n) is 8.06. The van der Waals surface area contributed by atoms with Gasteiger partial charge in [0, 0.05) is 13.1 Å². The molecular weight excluding hydrogens is 296 g/mol. The minimum absolute atomic E-state index is 0.264. The number of unbranched alkanes of at least 4 members (excludes halogenated alkanes) is 1. The number of ether oxygens (including phenoxy) is 2. The third-order valence-corrected chi connectivity index (χ3v) is 3.49. The molecule has 0 spiro atoms. The molecule has 0 fully saturated rings. The van der Waals surface area contributed by atoms with Crippen molar-refractivity contribution in [2.75, 3.05) is 18.5 Å². The standard InChI is InChI=1S/C16H24N4O3/c1-5-8-9-17-13-12-10-18-20(6-2)15(12)19-11(4)14(13)23-16(21)22-7-3/h10H,5-9H2,1-4H3,(H,17,19). The third-order valence-electron chi connectivity index (χ3n) is 3.49. The van der Waals surface area contributed by atoms with E-state index in [-0.39, 0.29) is 6.61 Å². The molecule has 0 aromatic carbocycles. The van der Waals surface area contributed by atoms with Crippen LogP contribution in [0.15, 0.2) is 6.20 Å². The number of rotatable bonds is 7. The molecule has 23 heavy (non-hydrogen) atoms. The highest BCUT2D eigenvalue weighted by Gasteiger charge is 2.20. The largest absolute Gasteiger partial charge is 0.513 e. The molecule has 7 nitrogen and oxygen atoms in total. The molecule has 0 amide bonds. The zero-order chi connectivity index (χ0) is 16.8. The number of nitrogens with one attached hydrogen (secondary N) is 1. The van der Waals surface area contributed by atoms with Gasteiger partial charge in [-0.05, 0) is 27.2 Å². The van der Waals surface area contributed by atoms with Crippen molar-refractivity contribution in [3.8, 4) is 5.75 Å². The van der Waals surface area contributed by atoms with Crippen molar-refractivity contribution in [1.29, 1.82) is 0 Å². The first-order chi connectivity index (χ1) is 11.1. The summed E-state index contributed by atoms with van der Waals surface area (Å²) in [7, 11) is 0. The Balaban J connectivity index is 2.47. The molecule has 0 saturated heterocycles. The lowest BCUT2D eigenvalue weighted by atomic mass is 10.2. The van der Waals surface area contributed by atoms with Gasteiger partial charge in [-0.3, -0.25) is 0 Å². The molecule has 2 aromatic heterocycles. The number of aryl methyl sites for hydroxylation is 2. The highest BCUT2D eigenvalue weighted by molar-refractivity contribution is 5.94. The fourth-order valence-electron chi connectivity index (χ4n) is 2.34. The Kier molecular flexibility index (Phi) is 5.78. The second-order valence-electron chi connectivity index (χ2n) is 5.16. The Morgan fingerprint density at radius 3 is 2.78 bits per heavy atom. The van der Waals surface area contributed by atoms with Crippen LogP contribution in [0.2, 0.25) is 0 Å². The number of anilines is 1. The van der Waals surface area contributed by atoms with E-state index in [1.807, 2.05) is 18.5 Å². The number of hydrogen-bond donors (Lipinski definition) is 1. The van der Waals surface area contributed by atoms with Gasteiger partial charge in [0.15, 0.2) is 11.4 Å². The number of pyridine rings is 1. The summed E-state index contributed by atoms with van der Waals surface area (Å²) >= 11 is 0. The summed E-state index contributed by atoms with van der Waals surface area (Å²) in [6.45, 7) is 9.46. The molecular formula is C16H24N4O3. The molecule has 0 saturated carbocycles. The van der Waals surface area contributed by atoms with Crippen molar-refractivity contribution in [2.24, 2.45) is 0 Å². The van der Waals surface area contributed by atoms with Crippen molar-refractivity contribution in [1.82, 2.24) is 14.8 Å². The van der Waals surface area contributed by atoms with Gasteiger partial charge in [-0.25, -0.2) is 14.5 Å². The average molecular weight is 320 g/mol. The summed E-state index contributed by atoms with van der Waals surface area (Å²) in [5.74, 6) is 0.405. The van der Waals surface area contributed by atoms with Crippen LogP contribution in [0.5, 0.6) is 5.75 Å². The molecule has 2 aromatic rings. The fourth-order valence-corrected chi connectivity index (χ4v) is 2.34. The van der Waals surface area contributed by atoms with E-state index in [0.717, 1.165) is 42.7 Å². The van der Waals surface area contributed by atoms with Crippen LogP contribution in [0, 0.1) is 6.92 Å². The van der Waals surface area contributed by atoms with Crippen LogP contribution < -0.4 is 10.1 Å². The highest BCUT2D eigenvalue weighted by atomic mass is 16.7. The molecule has 2 heterocycles. The summed E-state index contributed by atoms with van der Waals surface area (Å²) in [6.07, 6.45) is 3.11. The van der Waals surface area contributed by atoms with Gasteiger partial charge >= 0.3 is 6.16 Å². The molecule has 126 valence electrons. The second kappa shape index (κ2) is 7.80. The molecule has 0 atom stereocenters. The highest BCUT2D eigenvalue weighted by Crippen LogP contribution is 2.35. The Morgan fingerprint density at radius 2 is 2.13 bits per heavy atom. The van der Waals surface area contributed by atoms with Crippen molar-refractivity contribution >= 4 is 22.9 Å². The van der Waals surface area contributed by atoms with Crippen LogP contribution in [0.25, 0.3) is 11.0 Å². The normalized spacial score (nSPS) is 10.8. The van der Waals surface area contributed by atoms with Crippen molar-refractivity contribution < 1.29 is 14.3 Å². The third kappa shape index (κ3) is 3.72. The topological polar surface area (TPSA) is 78.3 Å². The lowest BCUT2D eigenvalue weighted by Gasteiger charge is -2.15. The number of carbonyl (C=O) groups excluding carboxylic acids is 1. The summed E-state index contributed by atoms with van der Waals surface area (Å²) in [5, 5.41) is 8.54. The van der Waals surface area contributed by atoms with E-state index in [1.165, 1.54) is 0 Å². The monoisotopic (exact) mass is 320 g/mol. The number of carbonyl (C=O) groups is 1. The number of nitrogens with zero attached hydrogens (tertiary/aromatic N) is 3. The lowest BCUT2D eigenvalue weighted by Crippen LogP contribution is -2.14. The van der Waals surface area contributed by atoms with E-state index in [1.54, 1.807) is 13.1 Å². The van der Waals surface area contributed by atoms with E-state index >= 15 is 0 Å². The molecule has 0 radical (unpaired) electrons. The van der Waals surface area contributed by atoms with E-state index in [0.29, 0.717) is 11.4 Å². The molecule has 0 aliphatic heterocycles. The van der Waals surface area contributed by atoms with Crippen LogP contribution >= 0.6 is 0 Å². The molecule has 1 N–H and O–H groups in total. The van der Waals surface area contributed by atoms with Gasteiger partial charge < -0.3 is 14.8 Å². The van der Waals surface area contributed by atoms with Gasteiger partial charge in [0.2, 0.25) is 0 Å². The minimum atomic E-state index is -0.724. The van der Waals surface area contributed by atoms with Gasteiger partial charge in [-0.1, -0.05) is 13.3 Å². The zero-order valence-corrected chi connectivity index (χ0v) is 14.2. The Hall–Kier alpha value is -2.31. The molecule has 7 heteroatoms. The molecule has 0 unspecified atom stereocenters. The summed E-state index contributed by atoms with van der Waals surface area (Å²) in [5.41, 5.74) is 2.15. The predicted molar refractivity (Wildman–Crippen MR) is 89.0 cm³/mol. The first kappa shape index (κ1) is 17.1. The summed E-state index contributed by atoms with van der Waals surface area (Å²) < 4.78 is 12.1. The maximum Gasteiger partial charge on any atom is 0.513 e. The quantitative estimate of drug-likeness (QED) is 0.621. The molecule has 0 aliphatic carbocycles. The SMILES string of the molecule is CCCCNc1c(OC(=O)OCC)c(C)nc2c1cnn2CC. The Morgan fingerprint density at radius 1 is 1.35 bits per heavy atom. The lowest BCUT2D eigenvalue weighted by molar-refractivity contribution is 0.104. The molecule has 0 bridgehead atoms. The fraction of sp³-hybridized carbons (Fsp3) is 0.562. The first-order valence-corrected chi connectivity index (χ1v) is 8.06. The van der Waals surface area contributed by atoms with Crippen LogP contribution in [0.1, 0.15) is 39.3 Å². The van der Waals surface area contributed by atoms with E-state index in [9.17, 15) is 4.79 Å². The number of aromatic nitrogens is 3. The van der Waals surface area contributed by atoms with Crippen LogP contribution in [-0.4, -0.2) is 34.1 Å². The Bertz CT molecular complexity index is 682. The number of fused-ring (bicyclic) bond motifs is 1. The van der Waals surface area contributed by atoms with Gasteiger partial charge in [0.1, 0.15) is 0 Å². The van der Waals surface area contributed by atoms with Gasteiger partial charge in [-0.15, -0.1) is 0 Å². The second-order valence-corrected chi connectivity index (χ2v) is 5.16. The van der Waals surface area contributed by atoms with Crippen LogP contribution in [0.3, 0.4) is 0 Å². The summed E-state index contributed by atoms with van der Waals surface area (Å²) in [6, 6.07) is 0. The van der Waals surface area contributed by atoms with E-state index in [2.05, 4.69) is 22.3 Å². The summed E-state index contributed by atoms with van der Waals surface area (Å²) in [4.78, 5) is 16.3. The average Bonchev–Trinajstić information content (AvgIpc) is 2.93. The maximum atomic E-state index is 11.7.